The first-order valence-corrected chi connectivity index (χ1v) is 12.8. The predicted octanol–water partition coefficient (Wildman–Crippen LogP) is 4.16. The second-order valence-corrected chi connectivity index (χ2v) is 9.62. The van der Waals surface area contributed by atoms with Crippen LogP contribution >= 0.6 is 0 Å². The maximum absolute atomic E-state index is 11.7. The quantitative estimate of drug-likeness (QED) is 0.298. The number of aromatic nitrogens is 1. The van der Waals surface area contributed by atoms with Crippen molar-refractivity contribution in [3.63, 3.8) is 0 Å². The van der Waals surface area contributed by atoms with Gasteiger partial charge < -0.3 is 20.2 Å². The van der Waals surface area contributed by atoms with Crippen molar-refractivity contribution in [3.05, 3.63) is 70.8 Å². The van der Waals surface area contributed by atoms with E-state index < -0.39 is 5.97 Å². The van der Waals surface area contributed by atoms with E-state index in [1.807, 2.05) is 32.4 Å². The summed E-state index contributed by atoms with van der Waals surface area (Å²) in [5.41, 5.74) is 5.51. The topological polar surface area (TPSA) is 104 Å². The Hall–Kier alpha value is -3.10. The summed E-state index contributed by atoms with van der Waals surface area (Å²) >= 11 is 0. The maximum atomic E-state index is 11.7. The Labute approximate surface area is 215 Å². The Bertz CT molecular complexity index is 1040. The van der Waals surface area contributed by atoms with Crippen molar-refractivity contribution < 1.29 is 14.6 Å². The highest BCUT2D eigenvalue weighted by Crippen LogP contribution is 2.30. The third-order valence-corrected chi connectivity index (χ3v) is 6.80. The van der Waals surface area contributed by atoms with Crippen LogP contribution in [0.3, 0.4) is 0 Å². The van der Waals surface area contributed by atoms with Gasteiger partial charge in [0.25, 0.3) is 0 Å². The molecule has 0 saturated carbocycles. The monoisotopic (exact) mass is 495 g/mol. The average molecular weight is 496 g/mol. The van der Waals surface area contributed by atoms with Gasteiger partial charge in [-0.15, -0.1) is 0 Å². The Morgan fingerprint density at radius 3 is 2.89 bits per heavy atom. The summed E-state index contributed by atoms with van der Waals surface area (Å²) in [5.74, 6) is 6.03. The minimum absolute atomic E-state index is 0.0831. The Balaban J connectivity index is 1.81. The van der Waals surface area contributed by atoms with E-state index in [1.165, 1.54) is 11.1 Å². The lowest BCUT2D eigenvalue weighted by atomic mass is 9.88. The number of carbonyl (C=O) groups is 1. The molecule has 36 heavy (non-hydrogen) atoms. The fourth-order valence-corrected chi connectivity index (χ4v) is 4.64. The molecule has 0 radical (unpaired) electrons. The molecule has 0 aliphatic carbocycles. The van der Waals surface area contributed by atoms with E-state index in [2.05, 4.69) is 47.2 Å². The molecule has 196 valence electrons. The van der Waals surface area contributed by atoms with Gasteiger partial charge in [-0.25, -0.2) is 5.84 Å². The number of hydrogen-bond acceptors (Lipinski definition) is 7. The van der Waals surface area contributed by atoms with Crippen molar-refractivity contribution in [1.82, 2.24) is 20.2 Å². The van der Waals surface area contributed by atoms with Gasteiger partial charge in [0, 0.05) is 63.1 Å². The average Bonchev–Trinajstić information content (AvgIpc) is 3.02. The van der Waals surface area contributed by atoms with Crippen LogP contribution in [0.4, 0.5) is 0 Å². The third kappa shape index (κ3) is 7.70. The molecule has 2 atom stereocenters. The van der Waals surface area contributed by atoms with Crippen LogP contribution < -0.4 is 15.9 Å². The number of hydrazine groups is 1. The minimum Gasteiger partial charge on any atom is -0.489 e. The minimum atomic E-state index is -0.792. The number of aliphatic carboxylic acids is 1. The van der Waals surface area contributed by atoms with E-state index >= 15 is 0 Å². The Morgan fingerprint density at radius 2 is 2.19 bits per heavy atom. The number of ether oxygens (including phenoxy) is 1. The third-order valence-electron chi connectivity index (χ3n) is 6.80. The number of nitrogens with one attached hydrogen (secondary N) is 1. The highest BCUT2D eigenvalue weighted by molar-refractivity contribution is 5.68. The molecule has 1 aliphatic rings. The van der Waals surface area contributed by atoms with Crippen LogP contribution in [0.2, 0.25) is 0 Å². The van der Waals surface area contributed by atoms with Gasteiger partial charge in [-0.1, -0.05) is 25.1 Å². The maximum Gasteiger partial charge on any atom is 0.303 e. The first-order chi connectivity index (χ1) is 17.3. The van der Waals surface area contributed by atoms with Crippen molar-refractivity contribution >= 4 is 5.97 Å². The van der Waals surface area contributed by atoms with E-state index in [-0.39, 0.29) is 18.4 Å². The molecule has 1 aromatic carbocycles. The van der Waals surface area contributed by atoms with Crippen molar-refractivity contribution in [2.75, 3.05) is 20.1 Å². The highest BCUT2D eigenvalue weighted by Gasteiger charge is 2.23. The summed E-state index contributed by atoms with van der Waals surface area (Å²) in [5, 5.41) is 14.4. The SMILES string of the molecule is CCN/C=C(/CCC(CC(=O)O)c1ccc(C)c(CN2Cc3cnccc3O[C@H](CC)C2)c1)N(C)N. The summed E-state index contributed by atoms with van der Waals surface area (Å²) < 4.78 is 6.24. The second-order valence-electron chi connectivity index (χ2n) is 9.62. The number of nitrogens with zero attached hydrogens (tertiary/aromatic N) is 3. The predicted molar refractivity (Wildman–Crippen MR) is 142 cm³/mol. The summed E-state index contributed by atoms with van der Waals surface area (Å²) in [7, 11) is 1.81. The summed E-state index contributed by atoms with van der Waals surface area (Å²) in [6, 6.07) is 8.33. The molecule has 0 amide bonds. The van der Waals surface area contributed by atoms with Crippen molar-refractivity contribution in [2.45, 2.75) is 71.6 Å². The van der Waals surface area contributed by atoms with Gasteiger partial charge in [0.1, 0.15) is 11.9 Å². The standard InChI is InChI=1S/C28H41N5O3/c1-5-26-19-33(18-24-15-31-12-11-27(24)36-26)17-23-13-21(8-7-20(23)3)22(14-28(34)35)9-10-25(32(4)29)16-30-6-2/h7-8,11-13,15-16,22,26,30H,5-6,9-10,14,17-19,29H2,1-4H3,(H,34,35)/b25-16-/t22?,26-/m1/s1. The van der Waals surface area contributed by atoms with Gasteiger partial charge >= 0.3 is 5.97 Å². The number of benzene rings is 1. The van der Waals surface area contributed by atoms with Crippen LogP contribution in [0.15, 0.2) is 48.6 Å². The lowest BCUT2D eigenvalue weighted by Crippen LogP contribution is -2.32. The molecule has 4 N–H and O–H groups in total. The molecule has 0 saturated heterocycles. The fourth-order valence-electron chi connectivity index (χ4n) is 4.64. The highest BCUT2D eigenvalue weighted by atomic mass is 16.5. The second kappa shape index (κ2) is 13.3. The first kappa shape index (κ1) is 27.5. The summed E-state index contributed by atoms with van der Waals surface area (Å²) in [6.07, 6.45) is 8.09. The van der Waals surface area contributed by atoms with Crippen molar-refractivity contribution in [1.29, 1.82) is 0 Å². The number of carboxylic acid groups (broad SMARTS) is 1. The number of pyridine rings is 1. The molecule has 0 spiro atoms. The van der Waals surface area contributed by atoms with Gasteiger partial charge in [-0.2, -0.15) is 0 Å². The lowest BCUT2D eigenvalue weighted by Gasteiger charge is -2.25. The molecular weight excluding hydrogens is 454 g/mol. The molecule has 1 aromatic heterocycles. The van der Waals surface area contributed by atoms with Crippen LogP contribution in [-0.2, 0) is 17.9 Å². The van der Waals surface area contributed by atoms with Gasteiger partial charge in [-0.05, 0) is 61.8 Å². The van der Waals surface area contributed by atoms with Gasteiger partial charge in [0.2, 0.25) is 0 Å². The number of rotatable bonds is 12. The zero-order valence-corrected chi connectivity index (χ0v) is 22.0. The molecule has 0 fully saturated rings. The number of aryl methyl sites for hydroxylation is 1. The number of hydrogen-bond donors (Lipinski definition) is 3. The lowest BCUT2D eigenvalue weighted by molar-refractivity contribution is -0.137. The fraction of sp³-hybridized carbons (Fsp3) is 0.500. The van der Waals surface area contributed by atoms with Crippen LogP contribution in [0.5, 0.6) is 5.75 Å². The molecule has 1 aliphatic heterocycles. The van der Waals surface area contributed by atoms with Crippen molar-refractivity contribution in [2.24, 2.45) is 5.84 Å². The van der Waals surface area contributed by atoms with Gasteiger partial charge in [0.05, 0.1) is 6.42 Å². The van der Waals surface area contributed by atoms with E-state index in [0.717, 1.165) is 55.2 Å². The molecular formula is C28H41N5O3. The number of carboxylic acids is 1. The molecule has 3 rings (SSSR count). The van der Waals surface area contributed by atoms with Crippen LogP contribution in [0.25, 0.3) is 0 Å². The Morgan fingerprint density at radius 1 is 1.39 bits per heavy atom. The smallest absolute Gasteiger partial charge is 0.303 e. The number of allylic oxidation sites excluding steroid dienone is 1. The van der Waals surface area contributed by atoms with Gasteiger partial charge in [0.15, 0.2) is 0 Å². The zero-order valence-electron chi connectivity index (χ0n) is 22.0. The normalized spacial score (nSPS) is 17.0. The van der Waals surface area contributed by atoms with E-state index in [9.17, 15) is 9.90 Å². The molecule has 2 heterocycles. The number of nitrogens with two attached hydrogens (primary N) is 1. The van der Waals surface area contributed by atoms with Crippen molar-refractivity contribution in [3.8, 4) is 5.75 Å². The van der Waals surface area contributed by atoms with Gasteiger partial charge in [-0.3, -0.25) is 14.7 Å². The van der Waals surface area contributed by atoms with E-state index in [4.69, 9.17) is 10.6 Å². The molecule has 8 heteroatoms. The number of fused-ring (bicyclic) bond motifs is 1. The molecule has 0 bridgehead atoms. The molecule has 2 aromatic rings. The van der Waals surface area contributed by atoms with Crippen LogP contribution in [0, 0.1) is 6.92 Å². The Kier molecular flexibility index (Phi) is 10.1. The van der Waals surface area contributed by atoms with E-state index in [0.29, 0.717) is 12.8 Å². The van der Waals surface area contributed by atoms with Crippen LogP contribution in [-0.4, -0.2) is 52.2 Å². The van der Waals surface area contributed by atoms with Crippen LogP contribution in [0.1, 0.15) is 67.7 Å². The van der Waals surface area contributed by atoms with E-state index in [1.54, 1.807) is 11.2 Å². The molecule has 1 unspecified atom stereocenters. The largest absolute Gasteiger partial charge is 0.489 e. The zero-order chi connectivity index (χ0) is 26.1. The summed E-state index contributed by atoms with van der Waals surface area (Å²) in [6.45, 7) is 9.46. The summed E-state index contributed by atoms with van der Waals surface area (Å²) in [4.78, 5) is 18.4. The first-order valence-electron chi connectivity index (χ1n) is 12.8. The molecule has 8 nitrogen and oxygen atoms in total.